The third-order valence-corrected chi connectivity index (χ3v) is 2.62. The molecule has 0 aliphatic rings. The summed E-state index contributed by atoms with van der Waals surface area (Å²) in [6.07, 6.45) is 2.52. The zero-order chi connectivity index (χ0) is 12.4. The molecule has 1 N–H and O–H groups in total. The topological polar surface area (TPSA) is 72.2 Å². The predicted molar refractivity (Wildman–Crippen MR) is 62.7 cm³/mol. The number of nitrogens with one attached hydrogen (secondary N) is 1. The lowest BCUT2D eigenvalue weighted by Gasteiger charge is -2.08. The Morgan fingerprint density at radius 3 is 3.00 bits per heavy atom. The van der Waals surface area contributed by atoms with Gasteiger partial charge in [-0.1, -0.05) is 6.92 Å². The normalized spacial score (nSPS) is 12.6. The van der Waals surface area contributed by atoms with E-state index in [1.165, 1.54) is 0 Å². The molecule has 0 unspecified atom stereocenters. The number of aryl methyl sites for hydroxylation is 1. The van der Waals surface area contributed by atoms with Crippen LogP contribution in [-0.4, -0.2) is 31.5 Å². The fourth-order valence-corrected chi connectivity index (χ4v) is 1.39. The third kappa shape index (κ3) is 2.25. The number of amides is 1. The quantitative estimate of drug-likeness (QED) is 0.857. The first-order valence-corrected chi connectivity index (χ1v) is 5.61. The Bertz CT molecular complexity index is 548. The Labute approximate surface area is 99.1 Å². The molecule has 6 heteroatoms. The summed E-state index contributed by atoms with van der Waals surface area (Å²) in [5.74, 6) is 0.343. The summed E-state index contributed by atoms with van der Waals surface area (Å²) in [6, 6.07) is 1.93. The molecule has 0 spiro atoms. The zero-order valence-corrected chi connectivity index (χ0v) is 10.1. The first-order chi connectivity index (χ1) is 8.11. The van der Waals surface area contributed by atoms with Crippen molar-refractivity contribution in [1.82, 2.24) is 24.9 Å². The van der Waals surface area contributed by atoms with Gasteiger partial charge in [0.2, 0.25) is 5.82 Å². The highest BCUT2D eigenvalue weighted by molar-refractivity contribution is 5.90. The van der Waals surface area contributed by atoms with Crippen LogP contribution in [0.2, 0.25) is 0 Å². The molecule has 6 nitrogen and oxygen atoms in total. The van der Waals surface area contributed by atoms with Crippen LogP contribution in [0, 0.1) is 6.92 Å². The van der Waals surface area contributed by atoms with Gasteiger partial charge in [-0.25, -0.2) is 9.50 Å². The average molecular weight is 233 g/mol. The Morgan fingerprint density at radius 1 is 1.59 bits per heavy atom. The molecular weight excluding hydrogens is 218 g/mol. The van der Waals surface area contributed by atoms with Crippen LogP contribution in [-0.2, 0) is 0 Å². The molecule has 2 rings (SSSR count). The van der Waals surface area contributed by atoms with Crippen molar-refractivity contribution >= 4 is 11.7 Å². The lowest BCUT2D eigenvalue weighted by atomic mass is 10.2. The maximum atomic E-state index is 11.8. The van der Waals surface area contributed by atoms with Gasteiger partial charge in [0, 0.05) is 17.9 Å². The van der Waals surface area contributed by atoms with E-state index in [0.29, 0.717) is 5.78 Å². The SMILES string of the molecule is CC[C@H](C)NC(=O)c1nc2nccc(C)n2n1. The van der Waals surface area contributed by atoms with Gasteiger partial charge in [0.05, 0.1) is 0 Å². The zero-order valence-electron chi connectivity index (χ0n) is 10.1. The highest BCUT2D eigenvalue weighted by Crippen LogP contribution is 2.02. The van der Waals surface area contributed by atoms with Crippen molar-refractivity contribution in [2.24, 2.45) is 0 Å². The van der Waals surface area contributed by atoms with E-state index in [9.17, 15) is 4.79 Å². The number of hydrogen-bond donors (Lipinski definition) is 1. The van der Waals surface area contributed by atoms with Crippen LogP contribution in [0.3, 0.4) is 0 Å². The van der Waals surface area contributed by atoms with E-state index in [-0.39, 0.29) is 17.8 Å². The molecule has 0 aliphatic carbocycles. The van der Waals surface area contributed by atoms with E-state index in [0.717, 1.165) is 12.1 Å². The summed E-state index contributed by atoms with van der Waals surface area (Å²) >= 11 is 0. The molecule has 0 radical (unpaired) electrons. The molecule has 2 aromatic heterocycles. The van der Waals surface area contributed by atoms with Gasteiger partial charge in [-0.2, -0.15) is 4.98 Å². The van der Waals surface area contributed by atoms with Crippen molar-refractivity contribution < 1.29 is 4.79 Å². The van der Waals surface area contributed by atoms with Crippen molar-refractivity contribution in [3.8, 4) is 0 Å². The number of carbonyl (C=O) groups is 1. The summed E-state index contributed by atoms with van der Waals surface area (Å²) in [5.41, 5.74) is 0.894. The lowest BCUT2D eigenvalue weighted by molar-refractivity contribution is 0.0929. The van der Waals surface area contributed by atoms with Gasteiger partial charge in [0.15, 0.2) is 0 Å². The Balaban J connectivity index is 2.30. The first-order valence-electron chi connectivity index (χ1n) is 5.61. The molecule has 0 bridgehead atoms. The monoisotopic (exact) mass is 233 g/mol. The summed E-state index contributed by atoms with van der Waals surface area (Å²) in [7, 11) is 0. The van der Waals surface area contributed by atoms with E-state index in [1.807, 2.05) is 26.8 Å². The Kier molecular flexibility index (Phi) is 3.03. The minimum absolute atomic E-state index is 0.114. The highest BCUT2D eigenvalue weighted by atomic mass is 16.2. The average Bonchev–Trinajstić information content (AvgIpc) is 2.74. The summed E-state index contributed by atoms with van der Waals surface area (Å²) in [5, 5.41) is 6.95. The van der Waals surface area contributed by atoms with Crippen molar-refractivity contribution in [2.75, 3.05) is 0 Å². The molecule has 0 saturated carbocycles. The van der Waals surface area contributed by atoms with E-state index in [1.54, 1.807) is 10.7 Å². The molecule has 0 aliphatic heterocycles. The summed E-state index contributed by atoms with van der Waals surface area (Å²) < 4.78 is 1.56. The van der Waals surface area contributed by atoms with Crippen molar-refractivity contribution in [2.45, 2.75) is 33.2 Å². The van der Waals surface area contributed by atoms with Gasteiger partial charge in [-0.3, -0.25) is 4.79 Å². The second-order valence-corrected chi connectivity index (χ2v) is 4.02. The summed E-state index contributed by atoms with van der Waals surface area (Å²) in [6.45, 7) is 5.84. The van der Waals surface area contributed by atoms with Crippen molar-refractivity contribution in [3.63, 3.8) is 0 Å². The van der Waals surface area contributed by atoms with Crippen LogP contribution in [0.25, 0.3) is 5.78 Å². The minimum Gasteiger partial charge on any atom is -0.347 e. The van der Waals surface area contributed by atoms with Crippen molar-refractivity contribution in [1.29, 1.82) is 0 Å². The van der Waals surface area contributed by atoms with Gasteiger partial charge in [-0.05, 0) is 26.3 Å². The minimum atomic E-state index is -0.260. The molecule has 0 saturated heterocycles. The van der Waals surface area contributed by atoms with E-state index < -0.39 is 0 Å². The Hall–Kier alpha value is -1.98. The number of carbonyl (C=O) groups excluding carboxylic acids is 1. The molecule has 0 fully saturated rings. The van der Waals surface area contributed by atoms with Crippen LogP contribution in [0.4, 0.5) is 0 Å². The van der Waals surface area contributed by atoms with Gasteiger partial charge < -0.3 is 5.32 Å². The number of hydrogen-bond acceptors (Lipinski definition) is 4. The molecule has 1 amide bonds. The van der Waals surface area contributed by atoms with Gasteiger partial charge in [0.1, 0.15) is 0 Å². The van der Waals surface area contributed by atoms with Gasteiger partial charge >= 0.3 is 0 Å². The molecule has 2 aromatic rings. The predicted octanol–water partition coefficient (Wildman–Crippen LogP) is 0.961. The smallest absolute Gasteiger partial charge is 0.291 e. The number of nitrogens with zero attached hydrogens (tertiary/aromatic N) is 4. The molecule has 1 atom stereocenters. The van der Waals surface area contributed by atoms with E-state index >= 15 is 0 Å². The van der Waals surface area contributed by atoms with Crippen LogP contribution in [0.15, 0.2) is 12.3 Å². The van der Waals surface area contributed by atoms with Crippen LogP contribution in [0.1, 0.15) is 36.6 Å². The standard InChI is InChI=1S/C11H15N5O/c1-4-7(2)13-10(17)9-14-11-12-6-5-8(3)16(11)15-9/h5-7H,4H2,1-3H3,(H,13,17)/t7-/m0/s1. The molecular formula is C11H15N5O. The fourth-order valence-electron chi connectivity index (χ4n) is 1.39. The van der Waals surface area contributed by atoms with Crippen LogP contribution < -0.4 is 5.32 Å². The summed E-state index contributed by atoms with van der Waals surface area (Å²) in [4.78, 5) is 20.0. The maximum absolute atomic E-state index is 11.8. The molecule has 2 heterocycles. The second-order valence-electron chi connectivity index (χ2n) is 4.02. The van der Waals surface area contributed by atoms with E-state index in [2.05, 4.69) is 20.4 Å². The highest BCUT2D eigenvalue weighted by Gasteiger charge is 2.15. The van der Waals surface area contributed by atoms with Gasteiger partial charge in [0.25, 0.3) is 11.7 Å². The maximum Gasteiger partial charge on any atom is 0.291 e. The fraction of sp³-hybridized carbons (Fsp3) is 0.455. The van der Waals surface area contributed by atoms with Crippen LogP contribution in [0.5, 0.6) is 0 Å². The largest absolute Gasteiger partial charge is 0.347 e. The number of rotatable bonds is 3. The number of aromatic nitrogens is 4. The van der Waals surface area contributed by atoms with Crippen molar-refractivity contribution in [3.05, 3.63) is 23.8 Å². The van der Waals surface area contributed by atoms with Crippen LogP contribution >= 0.6 is 0 Å². The second kappa shape index (κ2) is 4.48. The third-order valence-electron chi connectivity index (χ3n) is 2.62. The number of fused-ring (bicyclic) bond motifs is 1. The van der Waals surface area contributed by atoms with Gasteiger partial charge in [-0.15, -0.1) is 5.10 Å². The van der Waals surface area contributed by atoms with E-state index in [4.69, 9.17) is 0 Å². The first kappa shape index (κ1) is 11.5. The molecule has 90 valence electrons. The Morgan fingerprint density at radius 2 is 2.35 bits per heavy atom. The lowest BCUT2D eigenvalue weighted by Crippen LogP contribution is -2.32. The molecule has 17 heavy (non-hydrogen) atoms. The molecule has 0 aromatic carbocycles.